The van der Waals surface area contributed by atoms with Crippen LogP contribution in [-0.4, -0.2) is 49.4 Å². The molecule has 23 heavy (non-hydrogen) atoms. The van der Waals surface area contributed by atoms with Gasteiger partial charge in [-0.25, -0.2) is 4.98 Å². The Bertz CT molecular complexity index is 616. The first kappa shape index (κ1) is 16.1. The molecule has 1 atom stereocenters. The van der Waals surface area contributed by atoms with Crippen LogP contribution in [0.4, 0.5) is 0 Å². The molecule has 2 aromatic rings. The second kappa shape index (κ2) is 7.23. The van der Waals surface area contributed by atoms with Crippen LogP contribution in [0.5, 0.6) is 0 Å². The zero-order chi connectivity index (χ0) is 16.2. The third kappa shape index (κ3) is 3.97. The minimum atomic E-state index is -0.460. The summed E-state index contributed by atoms with van der Waals surface area (Å²) in [4.78, 5) is 6.72. The number of rotatable bonds is 6. The molecule has 126 valence electrons. The Labute approximate surface area is 136 Å². The number of aromatic nitrogens is 4. The van der Waals surface area contributed by atoms with Crippen LogP contribution in [0.1, 0.15) is 43.0 Å². The number of aliphatic hydroxyl groups is 1. The van der Waals surface area contributed by atoms with Crippen molar-refractivity contribution in [3.05, 3.63) is 30.0 Å². The Morgan fingerprint density at radius 3 is 2.74 bits per heavy atom. The molecule has 0 amide bonds. The molecule has 3 rings (SSSR count). The number of aliphatic hydroxyl groups excluding tert-OH is 1. The quantitative estimate of drug-likeness (QED) is 0.869. The molecule has 7 nitrogen and oxygen atoms in total. The van der Waals surface area contributed by atoms with Crippen LogP contribution in [-0.2, 0) is 13.5 Å². The van der Waals surface area contributed by atoms with Crippen molar-refractivity contribution < 1.29 is 9.52 Å². The van der Waals surface area contributed by atoms with Crippen molar-refractivity contribution in [1.82, 2.24) is 24.6 Å². The van der Waals surface area contributed by atoms with E-state index in [1.807, 2.05) is 24.7 Å². The number of hydrogen-bond acceptors (Lipinski definition) is 6. The van der Waals surface area contributed by atoms with E-state index >= 15 is 0 Å². The Hall–Kier alpha value is -1.73. The van der Waals surface area contributed by atoms with E-state index < -0.39 is 6.10 Å². The minimum Gasteiger partial charge on any atom is -0.426 e. The van der Waals surface area contributed by atoms with Crippen LogP contribution in [0.25, 0.3) is 0 Å². The highest BCUT2D eigenvalue weighted by Crippen LogP contribution is 2.29. The lowest BCUT2D eigenvalue weighted by atomic mass is 9.90. The lowest BCUT2D eigenvalue weighted by Crippen LogP contribution is -2.36. The summed E-state index contributed by atoms with van der Waals surface area (Å²) < 4.78 is 7.30. The van der Waals surface area contributed by atoms with Gasteiger partial charge in [0.05, 0.1) is 0 Å². The maximum Gasteiger partial charge on any atom is 0.216 e. The normalized spacial score (nSPS) is 18.4. The van der Waals surface area contributed by atoms with Crippen LogP contribution < -0.4 is 0 Å². The molecular formula is C16H25N5O2. The Balaban J connectivity index is 1.41. The van der Waals surface area contributed by atoms with Gasteiger partial charge in [0.25, 0.3) is 0 Å². The van der Waals surface area contributed by atoms with Crippen LogP contribution in [0.15, 0.2) is 16.8 Å². The summed E-state index contributed by atoms with van der Waals surface area (Å²) in [6.45, 7) is 4.89. The molecule has 0 saturated carbocycles. The van der Waals surface area contributed by atoms with Gasteiger partial charge < -0.3 is 19.0 Å². The van der Waals surface area contributed by atoms with Gasteiger partial charge in [-0.05, 0) is 44.8 Å². The summed E-state index contributed by atoms with van der Waals surface area (Å²) in [6.07, 6.45) is 7.03. The van der Waals surface area contributed by atoms with Gasteiger partial charge in [0.15, 0.2) is 0 Å². The zero-order valence-corrected chi connectivity index (χ0v) is 13.9. The van der Waals surface area contributed by atoms with Gasteiger partial charge in [-0.1, -0.05) is 0 Å². The molecule has 0 aliphatic carbocycles. The maximum absolute atomic E-state index is 10.5. The monoisotopic (exact) mass is 319 g/mol. The highest BCUT2D eigenvalue weighted by Gasteiger charge is 2.28. The zero-order valence-electron chi connectivity index (χ0n) is 13.9. The molecule has 3 heterocycles. The van der Waals surface area contributed by atoms with E-state index in [9.17, 15) is 5.11 Å². The van der Waals surface area contributed by atoms with Crippen molar-refractivity contribution in [1.29, 1.82) is 0 Å². The molecule has 1 saturated heterocycles. The Morgan fingerprint density at radius 1 is 1.35 bits per heavy atom. The van der Waals surface area contributed by atoms with E-state index in [2.05, 4.69) is 20.1 Å². The molecule has 0 radical (unpaired) electrons. The van der Waals surface area contributed by atoms with Gasteiger partial charge in [0.2, 0.25) is 11.8 Å². The maximum atomic E-state index is 10.5. The molecule has 0 bridgehead atoms. The highest BCUT2D eigenvalue weighted by atomic mass is 16.4. The SMILES string of the molecule is Cc1nnc(CCCN2CCC(C(O)c3nccn3C)CC2)o1. The average molecular weight is 319 g/mol. The molecule has 0 spiro atoms. The first-order chi connectivity index (χ1) is 11.1. The fourth-order valence-corrected chi connectivity index (χ4v) is 3.26. The van der Waals surface area contributed by atoms with Crippen molar-refractivity contribution >= 4 is 0 Å². The van der Waals surface area contributed by atoms with Crippen LogP contribution >= 0.6 is 0 Å². The second-order valence-corrected chi connectivity index (χ2v) is 6.34. The van der Waals surface area contributed by atoms with Gasteiger partial charge >= 0.3 is 0 Å². The summed E-state index contributed by atoms with van der Waals surface area (Å²) in [5.74, 6) is 2.42. The minimum absolute atomic E-state index is 0.297. The number of hydrogen-bond donors (Lipinski definition) is 1. The van der Waals surface area contributed by atoms with E-state index in [1.54, 1.807) is 6.20 Å². The standard InChI is InChI=1S/C16H25N5O2/c1-12-18-19-14(23-12)4-3-8-21-9-5-13(6-10-21)15(22)16-17-7-11-20(16)2/h7,11,13,15,22H,3-6,8-10H2,1-2H3. The Kier molecular flexibility index (Phi) is 5.07. The van der Waals surface area contributed by atoms with Crippen molar-refractivity contribution in [3.63, 3.8) is 0 Å². The second-order valence-electron chi connectivity index (χ2n) is 6.34. The summed E-state index contributed by atoms with van der Waals surface area (Å²) in [5.41, 5.74) is 0. The number of piperidine rings is 1. The summed E-state index contributed by atoms with van der Waals surface area (Å²) in [6, 6.07) is 0. The van der Waals surface area contributed by atoms with Crippen LogP contribution in [0, 0.1) is 12.8 Å². The molecule has 1 aliphatic rings. The van der Waals surface area contributed by atoms with Gasteiger partial charge in [-0.15, -0.1) is 10.2 Å². The topological polar surface area (TPSA) is 80.2 Å². The van der Waals surface area contributed by atoms with Crippen molar-refractivity contribution in [2.75, 3.05) is 19.6 Å². The first-order valence-corrected chi connectivity index (χ1v) is 8.30. The Morgan fingerprint density at radius 2 is 2.13 bits per heavy atom. The molecule has 0 aromatic carbocycles. The molecule has 7 heteroatoms. The first-order valence-electron chi connectivity index (χ1n) is 8.30. The van der Waals surface area contributed by atoms with Crippen molar-refractivity contribution in [2.24, 2.45) is 13.0 Å². The van der Waals surface area contributed by atoms with E-state index in [-0.39, 0.29) is 0 Å². The summed E-state index contributed by atoms with van der Waals surface area (Å²) >= 11 is 0. The largest absolute Gasteiger partial charge is 0.426 e. The van der Waals surface area contributed by atoms with E-state index in [4.69, 9.17) is 4.42 Å². The van der Waals surface area contributed by atoms with Gasteiger partial charge in [-0.3, -0.25) is 0 Å². The molecular weight excluding hydrogens is 294 g/mol. The van der Waals surface area contributed by atoms with Crippen molar-refractivity contribution in [3.8, 4) is 0 Å². The molecule has 1 fully saturated rings. The average Bonchev–Trinajstić information content (AvgIpc) is 3.16. The molecule has 1 unspecified atom stereocenters. The number of imidazole rings is 1. The van der Waals surface area contributed by atoms with Gasteiger partial charge in [-0.2, -0.15) is 0 Å². The predicted octanol–water partition coefficient (Wildman–Crippen LogP) is 1.49. The summed E-state index contributed by atoms with van der Waals surface area (Å²) in [5, 5.41) is 18.4. The van der Waals surface area contributed by atoms with E-state index in [0.717, 1.165) is 57.0 Å². The number of nitrogens with zero attached hydrogens (tertiary/aromatic N) is 5. The lowest BCUT2D eigenvalue weighted by molar-refractivity contribution is 0.0508. The third-order valence-electron chi connectivity index (χ3n) is 4.63. The highest BCUT2D eigenvalue weighted by molar-refractivity contribution is 4.98. The smallest absolute Gasteiger partial charge is 0.216 e. The van der Waals surface area contributed by atoms with E-state index in [0.29, 0.717) is 11.8 Å². The molecule has 1 N–H and O–H groups in total. The fourth-order valence-electron chi connectivity index (χ4n) is 3.26. The third-order valence-corrected chi connectivity index (χ3v) is 4.63. The molecule has 2 aromatic heterocycles. The van der Waals surface area contributed by atoms with Crippen molar-refractivity contribution in [2.45, 2.75) is 38.7 Å². The fraction of sp³-hybridized carbons (Fsp3) is 0.688. The molecule has 1 aliphatic heterocycles. The number of aryl methyl sites for hydroxylation is 3. The van der Waals surface area contributed by atoms with Gasteiger partial charge in [0, 0.05) is 32.8 Å². The van der Waals surface area contributed by atoms with Crippen LogP contribution in [0.3, 0.4) is 0 Å². The summed E-state index contributed by atoms with van der Waals surface area (Å²) in [7, 11) is 1.93. The van der Waals surface area contributed by atoms with E-state index in [1.165, 1.54) is 0 Å². The number of likely N-dealkylation sites (tertiary alicyclic amines) is 1. The lowest BCUT2D eigenvalue weighted by Gasteiger charge is -2.33. The predicted molar refractivity (Wildman–Crippen MR) is 84.7 cm³/mol. The van der Waals surface area contributed by atoms with Gasteiger partial charge in [0.1, 0.15) is 11.9 Å². The van der Waals surface area contributed by atoms with Crippen LogP contribution in [0.2, 0.25) is 0 Å².